The molecule has 8 heteroatoms. The molecule has 0 bridgehead atoms. The van der Waals surface area contributed by atoms with Crippen LogP contribution in [0, 0.1) is 5.92 Å². The van der Waals surface area contributed by atoms with Gasteiger partial charge in [-0.1, -0.05) is 42.5 Å². The fourth-order valence-corrected chi connectivity index (χ4v) is 4.60. The number of nitrogens with zero attached hydrogens (tertiary/aromatic N) is 1. The Bertz CT molecular complexity index is 1100. The number of benzene rings is 2. The van der Waals surface area contributed by atoms with Crippen molar-refractivity contribution in [3.63, 3.8) is 0 Å². The molecule has 8 nitrogen and oxygen atoms in total. The molecule has 3 amide bonds. The number of rotatable bonds is 10. The van der Waals surface area contributed by atoms with Gasteiger partial charge in [-0.15, -0.1) is 0 Å². The van der Waals surface area contributed by atoms with Gasteiger partial charge < -0.3 is 25.0 Å². The zero-order valence-electron chi connectivity index (χ0n) is 23.3. The molecular weight excluding hydrogens is 494 g/mol. The van der Waals surface area contributed by atoms with E-state index in [9.17, 15) is 14.4 Å². The second-order valence-electron chi connectivity index (χ2n) is 11.6. The fraction of sp³-hybridized carbons (Fsp3) is 0.516. The standard InChI is InChI=1S/C31H41N3O5/c1-31(2,3)39-30(37)34-17-15-23(16-18-34)20-28(35)33-27(29(36)32-25-11-12-25)19-22-9-13-26(14-10-22)38-21-24-7-5-4-6-8-24/h4-10,13-14,23,25,27H,11-12,15-21H2,1-3H3,(H,32,36)(H,33,35)/t27-/m0/s1. The van der Waals surface area contributed by atoms with Gasteiger partial charge in [0.2, 0.25) is 11.8 Å². The number of hydrogen-bond donors (Lipinski definition) is 2. The Morgan fingerprint density at radius 2 is 1.59 bits per heavy atom. The Morgan fingerprint density at radius 3 is 2.21 bits per heavy atom. The highest BCUT2D eigenvalue weighted by molar-refractivity contribution is 5.88. The van der Waals surface area contributed by atoms with Gasteiger partial charge in [0.15, 0.2) is 0 Å². The lowest BCUT2D eigenvalue weighted by Gasteiger charge is -2.33. The van der Waals surface area contributed by atoms with E-state index >= 15 is 0 Å². The summed E-state index contributed by atoms with van der Waals surface area (Å²) in [6.07, 6.45) is 3.86. The summed E-state index contributed by atoms with van der Waals surface area (Å²) in [5.41, 5.74) is 1.51. The van der Waals surface area contributed by atoms with E-state index in [1.807, 2.05) is 75.4 Å². The number of nitrogens with one attached hydrogen (secondary N) is 2. The van der Waals surface area contributed by atoms with Crippen molar-refractivity contribution in [3.8, 4) is 5.75 Å². The lowest BCUT2D eigenvalue weighted by molar-refractivity contribution is -0.129. The van der Waals surface area contributed by atoms with E-state index in [-0.39, 0.29) is 29.9 Å². The molecule has 0 aromatic heterocycles. The number of ether oxygens (including phenoxy) is 2. The molecule has 1 aliphatic heterocycles. The minimum absolute atomic E-state index is 0.135. The molecule has 1 saturated carbocycles. The highest BCUT2D eigenvalue weighted by atomic mass is 16.6. The van der Waals surface area contributed by atoms with Crippen molar-refractivity contribution in [2.24, 2.45) is 5.92 Å². The van der Waals surface area contributed by atoms with E-state index in [1.54, 1.807) is 4.90 Å². The van der Waals surface area contributed by atoms with Crippen molar-refractivity contribution < 1.29 is 23.9 Å². The van der Waals surface area contributed by atoms with Crippen LogP contribution in [0.25, 0.3) is 0 Å². The van der Waals surface area contributed by atoms with Crippen LogP contribution in [0.1, 0.15) is 64.0 Å². The minimum Gasteiger partial charge on any atom is -0.489 e. The highest BCUT2D eigenvalue weighted by Gasteiger charge is 2.31. The lowest BCUT2D eigenvalue weighted by atomic mass is 9.93. The summed E-state index contributed by atoms with van der Waals surface area (Å²) in [5.74, 6) is 0.639. The van der Waals surface area contributed by atoms with Crippen molar-refractivity contribution in [3.05, 3.63) is 65.7 Å². The number of hydrogen-bond acceptors (Lipinski definition) is 5. The number of amides is 3. The zero-order chi connectivity index (χ0) is 27.8. The van der Waals surface area contributed by atoms with E-state index < -0.39 is 11.6 Å². The van der Waals surface area contributed by atoms with Crippen molar-refractivity contribution in [1.29, 1.82) is 0 Å². The topological polar surface area (TPSA) is 97.0 Å². The van der Waals surface area contributed by atoms with Crippen LogP contribution in [0.5, 0.6) is 5.75 Å². The van der Waals surface area contributed by atoms with Crippen molar-refractivity contribution >= 4 is 17.9 Å². The molecular formula is C31H41N3O5. The minimum atomic E-state index is -0.643. The number of carbonyl (C=O) groups excluding carboxylic acids is 3. The molecule has 210 valence electrons. The van der Waals surface area contributed by atoms with Gasteiger partial charge in [0.25, 0.3) is 0 Å². The van der Waals surface area contributed by atoms with Crippen LogP contribution in [0.3, 0.4) is 0 Å². The maximum atomic E-state index is 13.0. The summed E-state index contributed by atoms with van der Waals surface area (Å²) in [6.45, 7) is 7.18. The van der Waals surface area contributed by atoms with Crippen molar-refractivity contribution in [1.82, 2.24) is 15.5 Å². The van der Waals surface area contributed by atoms with Gasteiger partial charge >= 0.3 is 6.09 Å². The normalized spacial score (nSPS) is 16.7. The lowest BCUT2D eigenvalue weighted by Crippen LogP contribution is -2.49. The van der Waals surface area contributed by atoms with Crippen LogP contribution in [0.2, 0.25) is 0 Å². The van der Waals surface area contributed by atoms with E-state index in [4.69, 9.17) is 9.47 Å². The van der Waals surface area contributed by atoms with Gasteiger partial charge in [0.1, 0.15) is 24.0 Å². The number of piperidine rings is 1. The average molecular weight is 536 g/mol. The molecule has 1 heterocycles. The number of likely N-dealkylation sites (tertiary alicyclic amines) is 1. The van der Waals surface area contributed by atoms with Gasteiger partial charge in [-0.3, -0.25) is 9.59 Å². The summed E-state index contributed by atoms with van der Waals surface area (Å²) >= 11 is 0. The summed E-state index contributed by atoms with van der Waals surface area (Å²) in [4.78, 5) is 40.0. The maximum absolute atomic E-state index is 13.0. The Labute approximate surface area is 231 Å². The molecule has 4 rings (SSSR count). The van der Waals surface area contributed by atoms with Crippen LogP contribution in [0.15, 0.2) is 54.6 Å². The maximum Gasteiger partial charge on any atom is 0.410 e. The van der Waals surface area contributed by atoms with Gasteiger partial charge in [0, 0.05) is 32.0 Å². The predicted octanol–water partition coefficient (Wildman–Crippen LogP) is 4.61. The van der Waals surface area contributed by atoms with E-state index in [0.717, 1.165) is 42.6 Å². The molecule has 2 aromatic carbocycles. The van der Waals surface area contributed by atoms with Crippen LogP contribution in [-0.2, 0) is 27.4 Å². The second kappa shape index (κ2) is 13.0. The first-order valence-electron chi connectivity index (χ1n) is 14.0. The van der Waals surface area contributed by atoms with Crippen LogP contribution in [-0.4, -0.2) is 53.6 Å². The Kier molecular flexibility index (Phi) is 9.49. The van der Waals surface area contributed by atoms with Crippen molar-refractivity contribution in [2.45, 2.75) is 83.6 Å². The molecule has 1 aliphatic carbocycles. The monoisotopic (exact) mass is 535 g/mol. The van der Waals surface area contributed by atoms with E-state index in [1.165, 1.54) is 0 Å². The third-order valence-electron chi connectivity index (χ3n) is 6.93. The predicted molar refractivity (Wildman–Crippen MR) is 149 cm³/mol. The van der Waals surface area contributed by atoms with E-state index in [2.05, 4.69) is 10.6 Å². The summed E-state index contributed by atoms with van der Waals surface area (Å²) < 4.78 is 11.3. The van der Waals surface area contributed by atoms with Crippen LogP contribution in [0.4, 0.5) is 4.79 Å². The third kappa shape index (κ3) is 9.61. The molecule has 39 heavy (non-hydrogen) atoms. The Balaban J connectivity index is 1.28. The summed E-state index contributed by atoms with van der Waals surface area (Å²) in [5, 5.41) is 6.02. The average Bonchev–Trinajstić information content (AvgIpc) is 3.72. The van der Waals surface area contributed by atoms with E-state index in [0.29, 0.717) is 32.5 Å². The first-order valence-corrected chi connectivity index (χ1v) is 14.0. The van der Waals surface area contributed by atoms with Crippen LogP contribution >= 0.6 is 0 Å². The van der Waals surface area contributed by atoms with Gasteiger partial charge in [-0.2, -0.15) is 0 Å². The third-order valence-corrected chi connectivity index (χ3v) is 6.93. The van der Waals surface area contributed by atoms with Crippen molar-refractivity contribution in [2.75, 3.05) is 13.1 Å². The molecule has 2 aliphatic rings. The molecule has 0 unspecified atom stereocenters. The molecule has 1 saturated heterocycles. The first-order chi connectivity index (χ1) is 18.6. The van der Waals surface area contributed by atoms with Gasteiger partial charge in [0.05, 0.1) is 0 Å². The summed E-state index contributed by atoms with van der Waals surface area (Å²) in [6, 6.07) is 17.2. The fourth-order valence-electron chi connectivity index (χ4n) is 4.60. The largest absolute Gasteiger partial charge is 0.489 e. The molecule has 2 fully saturated rings. The first kappa shape index (κ1) is 28.5. The summed E-state index contributed by atoms with van der Waals surface area (Å²) in [7, 11) is 0. The number of carbonyl (C=O) groups is 3. The zero-order valence-corrected chi connectivity index (χ0v) is 23.3. The highest BCUT2D eigenvalue weighted by Crippen LogP contribution is 2.23. The van der Waals surface area contributed by atoms with Crippen LogP contribution < -0.4 is 15.4 Å². The SMILES string of the molecule is CC(C)(C)OC(=O)N1CCC(CC(=O)N[C@@H](Cc2ccc(OCc3ccccc3)cc2)C(=O)NC2CC2)CC1. The van der Waals surface area contributed by atoms with Gasteiger partial charge in [-0.25, -0.2) is 4.79 Å². The molecule has 2 aromatic rings. The second-order valence-corrected chi connectivity index (χ2v) is 11.6. The smallest absolute Gasteiger partial charge is 0.410 e. The quantitative estimate of drug-likeness (QED) is 0.463. The molecule has 2 N–H and O–H groups in total. The molecule has 0 spiro atoms. The molecule has 0 radical (unpaired) electrons. The van der Waals surface area contributed by atoms with Gasteiger partial charge in [-0.05, 0) is 75.6 Å². The Morgan fingerprint density at radius 1 is 0.923 bits per heavy atom. The Hall–Kier alpha value is -3.55. The molecule has 1 atom stereocenters.